The summed E-state index contributed by atoms with van der Waals surface area (Å²) in [4.78, 5) is 4.40. The molecule has 0 aliphatic heterocycles. The molecule has 0 amide bonds. The van der Waals surface area contributed by atoms with Crippen LogP contribution in [0.5, 0.6) is 0 Å². The zero-order chi connectivity index (χ0) is 12.5. The molecule has 2 rings (SSSR count). The van der Waals surface area contributed by atoms with Crippen molar-refractivity contribution in [3.05, 3.63) is 40.5 Å². The van der Waals surface area contributed by atoms with E-state index in [4.69, 9.17) is 0 Å². The van der Waals surface area contributed by atoms with Gasteiger partial charge in [0.15, 0.2) is 0 Å². The van der Waals surface area contributed by atoms with Crippen LogP contribution in [0.3, 0.4) is 0 Å². The first-order chi connectivity index (χ1) is 8.04. The fourth-order valence-corrected chi connectivity index (χ4v) is 2.38. The molecule has 0 aliphatic carbocycles. The summed E-state index contributed by atoms with van der Waals surface area (Å²) in [5.41, 5.74) is 0.752. The summed E-state index contributed by atoms with van der Waals surface area (Å²) in [5.74, 6) is -0.272. The third-order valence-corrected chi connectivity index (χ3v) is 3.84. The summed E-state index contributed by atoms with van der Waals surface area (Å²) in [5, 5.41) is 11.9. The van der Waals surface area contributed by atoms with Crippen molar-refractivity contribution in [2.24, 2.45) is 0 Å². The van der Waals surface area contributed by atoms with Gasteiger partial charge >= 0.3 is 0 Å². The van der Waals surface area contributed by atoms with Crippen molar-refractivity contribution in [3.63, 3.8) is 0 Å². The van der Waals surface area contributed by atoms with E-state index in [2.05, 4.69) is 4.98 Å². The molecule has 1 N–H and O–H groups in total. The molecule has 4 heteroatoms. The molecule has 0 fully saturated rings. The number of benzene rings is 1. The van der Waals surface area contributed by atoms with Crippen molar-refractivity contribution >= 4 is 11.3 Å². The molecule has 0 aliphatic rings. The highest BCUT2D eigenvalue weighted by atomic mass is 32.1. The first kappa shape index (κ1) is 12.2. The number of halogens is 1. The standard InChI is InChI=1S/C13H14FNOS/c1-13(2,8-16)12-15-11(7-17-12)9-5-3-4-6-10(9)14/h3-7,16H,8H2,1-2H3. The van der Waals surface area contributed by atoms with Gasteiger partial charge in [-0.3, -0.25) is 0 Å². The Hall–Kier alpha value is -1.26. The van der Waals surface area contributed by atoms with Crippen molar-refractivity contribution in [2.75, 3.05) is 6.61 Å². The second-order valence-electron chi connectivity index (χ2n) is 4.56. The Morgan fingerprint density at radius 2 is 2.06 bits per heavy atom. The number of thiazole rings is 1. The van der Waals surface area contributed by atoms with Gasteiger partial charge in [-0.1, -0.05) is 26.0 Å². The van der Waals surface area contributed by atoms with E-state index in [1.54, 1.807) is 18.2 Å². The third-order valence-electron chi connectivity index (χ3n) is 2.63. The quantitative estimate of drug-likeness (QED) is 0.908. The van der Waals surface area contributed by atoms with Crippen LogP contribution < -0.4 is 0 Å². The molecule has 2 nitrogen and oxygen atoms in total. The molecule has 17 heavy (non-hydrogen) atoms. The monoisotopic (exact) mass is 251 g/mol. The molecule has 0 saturated heterocycles. The van der Waals surface area contributed by atoms with Gasteiger partial charge in [-0.15, -0.1) is 11.3 Å². The summed E-state index contributed by atoms with van der Waals surface area (Å²) < 4.78 is 13.6. The average Bonchev–Trinajstić information content (AvgIpc) is 2.79. The molecular formula is C13H14FNOS. The van der Waals surface area contributed by atoms with Gasteiger partial charge in [-0.2, -0.15) is 0 Å². The van der Waals surface area contributed by atoms with Crippen LogP contribution >= 0.6 is 11.3 Å². The van der Waals surface area contributed by atoms with Crippen LogP contribution in [0.15, 0.2) is 29.6 Å². The molecule has 90 valence electrons. The van der Waals surface area contributed by atoms with Crippen molar-refractivity contribution in [1.29, 1.82) is 0 Å². The molecule has 1 aromatic heterocycles. The summed E-state index contributed by atoms with van der Waals surface area (Å²) in [6.07, 6.45) is 0. The van der Waals surface area contributed by atoms with Crippen molar-refractivity contribution < 1.29 is 9.50 Å². The number of aliphatic hydroxyl groups excluding tert-OH is 1. The minimum Gasteiger partial charge on any atom is -0.395 e. The first-order valence-corrected chi connectivity index (χ1v) is 6.24. The van der Waals surface area contributed by atoms with Gasteiger partial charge in [0.1, 0.15) is 10.8 Å². The lowest BCUT2D eigenvalue weighted by atomic mass is 9.96. The van der Waals surface area contributed by atoms with E-state index in [0.717, 1.165) is 5.01 Å². The van der Waals surface area contributed by atoms with E-state index < -0.39 is 0 Å². The van der Waals surface area contributed by atoms with Gasteiger partial charge in [-0.25, -0.2) is 9.37 Å². The second-order valence-corrected chi connectivity index (χ2v) is 5.42. The van der Waals surface area contributed by atoms with Gasteiger partial charge in [0.25, 0.3) is 0 Å². The Balaban J connectivity index is 2.40. The molecule has 0 radical (unpaired) electrons. The van der Waals surface area contributed by atoms with E-state index >= 15 is 0 Å². The second kappa shape index (κ2) is 4.55. The molecule has 0 spiro atoms. The topological polar surface area (TPSA) is 33.1 Å². The van der Waals surface area contributed by atoms with Crippen LogP contribution in [-0.2, 0) is 5.41 Å². The van der Waals surface area contributed by atoms with E-state index in [1.807, 2.05) is 19.2 Å². The molecule has 0 saturated carbocycles. The number of hydrogen-bond acceptors (Lipinski definition) is 3. The largest absolute Gasteiger partial charge is 0.395 e. The van der Waals surface area contributed by atoms with E-state index in [9.17, 15) is 9.50 Å². The lowest BCUT2D eigenvalue weighted by Crippen LogP contribution is -2.21. The van der Waals surface area contributed by atoms with Crippen molar-refractivity contribution in [3.8, 4) is 11.3 Å². The van der Waals surface area contributed by atoms with Crippen LogP contribution in [0, 0.1) is 5.82 Å². The Kier molecular flexibility index (Phi) is 3.26. The van der Waals surface area contributed by atoms with Crippen LogP contribution in [-0.4, -0.2) is 16.7 Å². The summed E-state index contributed by atoms with van der Waals surface area (Å²) in [6, 6.07) is 6.57. The Morgan fingerprint density at radius 1 is 1.35 bits per heavy atom. The number of hydrogen-bond donors (Lipinski definition) is 1. The van der Waals surface area contributed by atoms with Crippen molar-refractivity contribution in [1.82, 2.24) is 4.98 Å². The molecule has 1 aromatic carbocycles. The Bertz CT molecular complexity index is 522. The maximum absolute atomic E-state index is 13.6. The minimum absolute atomic E-state index is 0.0250. The first-order valence-electron chi connectivity index (χ1n) is 5.36. The molecule has 1 heterocycles. The summed E-state index contributed by atoms with van der Waals surface area (Å²) >= 11 is 1.45. The highest BCUT2D eigenvalue weighted by Crippen LogP contribution is 2.30. The fraction of sp³-hybridized carbons (Fsp3) is 0.308. The maximum atomic E-state index is 13.6. The summed E-state index contributed by atoms with van der Waals surface area (Å²) in [7, 11) is 0. The normalized spacial score (nSPS) is 11.8. The van der Waals surface area contributed by atoms with Gasteiger partial charge in [0.05, 0.1) is 12.3 Å². The van der Waals surface area contributed by atoms with Gasteiger partial charge < -0.3 is 5.11 Å². The van der Waals surface area contributed by atoms with E-state index in [1.165, 1.54) is 17.4 Å². The van der Waals surface area contributed by atoms with Crippen LogP contribution in [0.25, 0.3) is 11.3 Å². The average molecular weight is 251 g/mol. The maximum Gasteiger partial charge on any atom is 0.132 e. The molecular weight excluding hydrogens is 237 g/mol. The zero-order valence-electron chi connectivity index (χ0n) is 9.77. The number of aliphatic hydroxyl groups is 1. The minimum atomic E-state index is -0.381. The van der Waals surface area contributed by atoms with Gasteiger partial charge in [0, 0.05) is 16.4 Å². The predicted octanol–water partition coefficient (Wildman–Crippen LogP) is 3.22. The Morgan fingerprint density at radius 3 is 2.71 bits per heavy atom. The molecule has 2 aromatic rings. The summed E-state index contributed by atoms with van der Waals surface area (Å²) in [6.45, 7) is 3.85. The lowest BCUT2D eigenvalue weighted by molar-refractivity contribution is 0.218. The van der Waals surface area contributed by atoms with Gasteiger partial charge in [-0.05, 0) is 12.1 Å². The van der Waals surface area contributed by atoms with Crippen LogP contribution in [0.2, 0.25) is 0 Å². The zero-order valence-corrected chi connectivity index (χ0v) is 10.6. The third kappa shape index (κ3) is 2.37. The molecule has 0 atom stereocenters. The van der Waals surface area contributed by atoms with E-state index in [0.29, 0.717) is 11.3 Å². The smallest absolute Gasteiger partial charge is 0.132 e. The molecule has 0 unspecified atom stereocenters. The number of rotatable bonds is 3. The fourth-order valence-electron chi connectivity index (χ4n) is 1.44. The van der Waals surface area contributed by atoms with E-state index in [-0.39, 0.29) is 17.8 Å². The van der Waals surface area contributed by atoms with Crippen LogP contribution in [0.4, 0.5) is 4.39 Å². The van der Waals surface area contributed by atoms with Crippen LogP contribution in [0.1, 0.15) is 18.9 Å². The highest BCUT2D eigenvalue weighted by molar-refractivity contribution is 7.10. The van der Waals surface area contributed by atoms with Gasteiger partial charge in [0.2, 0.25) is 0 Å². The lowest BCUT2D eigenvalue weighted by Gasteiger charge is -2.17. The number of nitrogens with zero attached hydrogens (tertiary/aromatic N) is 1. The molecule has 0 bridgehead atoms. The highest BCUT2D eigenvalue weighted by Gasteiger charge is 2.23. The Labute approximate surface area is 104 Å². The van der Waals surface area contributed by atoms with Crippen molar-refractivity contribution in [2.45, 2.75) is 19.3 Å². The number of aromatic nitrogens is 1. The SMILES string of the molecule is CC(C)(CO)c1nc(-c2ccccc2F)cs1. The predicted molar refractivity (Wildman–Crippen MR) is 67.6 cm³/mol.